The molecule has 0 aliphatic heterocycles. The van der Waals surface area contributed by atoms with E-state index in [0.717, 1.165) is 17.5 Å². The summed E-state index contributed by atoms with van der Waals surface area (Å²) in [7, 11) is 0. The number of benzene rings is 2. The van der Waals surface area contributed by atoms with E-state index < -0.39 is 17.4 Å². The Morgan fingerprint density at radius 3 is 1.34 bits per heavy atom. The Hall–Kier alpha value is -3.02. The summed E-state index contributed by atoms with van der Waals surface area (Å²) in [6, 6.07) is 14.4. The molecule has 1 aliphatic carbocycles. The Kier molecular flexibility index (Phi) is 6.90. The molecule has 0 saturated heterocycles. The molecule has 0 aromatic heterocycles. The van der Waals surface area contributed by atoms with E-state index in [-0.39, 0.29) is 29.8 Å². The van der Waals surface area contributed by atoms with Crippen molar-refractivity contribution in [1.29, 1.82) is 0 Å². The fraction of sp³-hybridized carbons (Fsp3) is 0.391. The molecule has 0 bridgehead atoms. The first-order valence-electron chi connectivity index (χ1n) is 9.65. The zero-order valence-corrected chi connectivity index (χ0v) is 16.8. The third-order valence-electron chi connectivity index (χ3n) is 5.70. The van der Waals surface area contributed by atoms with Gasteiger partial charge in [0.1, 0.15) is 11.5 Å². The minimum Gasteiger partial charge on any atom is -0.508 e. The first kappa shape index (κ1) is 22.3. The number of carbonyl (C=O) groups is 2. The van der Waals surface area contributed by atoms with Crippen LogP contribution in [0.25, 0.3) is 0 Å². The Morgan fingerprint density at radius 1 is 0.724 bits per heavy atom. The van der Waals surface area contributed by atoms with Crippen LogP contribution in [0.1, 0.15) is 57.1 Å². The highest BCUT2D eigenvalue weighted by Gasteiger charge is 2.46. The highest BCUT2D eigenvalue weighted by molar-refractivity contribution is 5.98. The molecule has 0 atom stereocenters. The Bertz CT molecular complexity index is 767. The summed E-state index contributed by atoms with van der Waals surface area (Å²) in [4.78, 5) is 21.5. The van der Waals surface area contributed by atoms with Gasteiger partial charge in [-0.15, -0.1) is 0 Å². The summed E-state index contributed by atoms with van der Waals surface area (Å²) in [5, 5.41) is 36.1. The van der Waals surface area contributed by atoms with Gasteiger partial charge in [-0.3, -0.25) is 9.59 Å². The van der Waals surface area contributed by atoms with Crippen molar-refractivity contribution in [2.75, 3.05) is 0 Å². The average molecular weight is 400 g/mol. The van der Waals surface area contributed by atoms with Gasteiger partial charge in [-0.1, -0.05) is 57.4 Å². The van der Waals surface area contributed by atoms with Crippen molar-refractivity contribution in [3.05, 3.63) is 59.7 Å². The molecular weight excluding hydrogens is 372 g/mol. The monoisotopic (exact) mass is 400 g/mol. The van der Waals surface area contributed by atoms with Crippen LogP contribution in [0.4, 0.5) is 0 Å². The zero-order chi connectivity index (χ0) is 21.7. The van der Waals surface area contributed by atoms with Crippen molar-refractivity contribution in [2.24, 2.45) is 5.41 Å². The van der Waals surface area contributed by atoms with E-state index in [1.165, 1.54) is 0 Å². The lowest BCUT2D eigenvalue weighted by Crippen LogP contribution is -2.40. The largest absolute Gasteiger partial charge is 0.508 e. The first-order valence-corrected chi connectivity index (χ1v) is 9.65. The van der Waals surface area contributed by atoms with Gasteiger partial charge in [-0.05, 0) is 48.2 Å². The van der Waals surface area contributed by atoms with Crippen LogP contribution >= 0.6 is 0 Å². The molecular formula is C23H28O6. The molecule has 1 saturated carbocycles. The van der Waals surface area contributed by atoms with Gasteiger partial charge in [0.05, 0.1) is 0 Å². The maximum absolute atomic E-state index is 10.7. The summed E-state index contributed by atoms with van der Waals surface area (Å²) >= 11 is 0. The van der Waals surface area contributed by atoms with E-state index in [2.05, 4.69) is 13.8 Å². The van der Waals surface area contributed by atoms with Crippen molar-refractivity contribution >= 4 is 11.9 Å². The van der Waals surface area contributed by atoms with Crippen LogP contribution in [-0.4, -0.2) is 32.4 Å². The molecule has 3 rings (SSSR count). The van der Waals surface area contributed by atoms with E-state index in [9.17, 15) is 19.8 Å². The predicted octanol–water partition coefficient (Wildman–Crippen LogP) is 4.53. The summed E-state index contributed by atoms with van der Waals surface area (Å²) in [6.07, 6.45) is 2.91. The van der Waals surface area contributed by atoms with Crippen molar-refractivity contribution in [3.8, 4) is 11.5 Å². The minimum atomic E-state index is -1.49. The van der Waals surface area contributed by atoms with Crippen molar-refractivity contribution in [1.82, 2.24) is 0 Å². The molecule has 0 spiro atoms. The average Bonchev–Trinajstić information content (AvgIpc) is 2.69. The van der Waals surface area contributed by atoms with Crippen LogP contribution in [-0.2, 0) is 15.0 Å². The topological polar surface area (TPSA) is 115 Å². The van der Waals surface area contributed by atoms with E-state index in [0.29, 0.717) is 12.8 Å². The summed E-state index contributed by atoms with van der Waals surface area (Å²) in [5.41, 5.74) is 0.613. The molecule has 29 heavy (non-hydrogen) atoms. The fourth-order valence-electron chi connectivity index (χ4n) is 3.60. The van der Waals surface area contributed by atoms with E-state index in [1.807, 2.05) is 24.3 Å². The molecule has 0 amide bonds. The maximum Gasteiger partial charge on any atom is 0.321 e. The Morgan fingerprint density at radius 2 is 1.07 bits per heavy atom. The maximum atomic E-state index is 10.7. The lowest BCUT2D eigenvalue weighted by molar-refractivity contribution is -0.167. The van der Waals surface area contributed by atoms with Gasteiger partial charge < -0.3 is 20.4 Å². The van der Waals surface area contributed by atoms with Gasteiger partial charge in [-0.25, -0.2) is 0 Å². The molecule has 1 aliphatic rings. The van der Waals surface area contributed by atoms with Crippen LogP contribution in [0.3, 0.4) is 0 Å². The minimum absolute atomic E-state index is 0.151. The highest BCUT2D eigenvalue weighted by Crippen LogP contribution is 2.36. The molecule has 4 N–H and O–H groups in total. The zero-order valence-electron chi connectivity index (χ0n) is 16.8. The van der Waals surface area contributed by atoms with Crippen molar-refractivity contribution in [3.63, 3.8) is 0 Å². The predicted molar refractivity (Wildman–Crippen MR) is 109 cm³/mol. The number of aromatic hydroxyl groups is 2. The van der Waals surface area contributed by atoms with Crippen LogP contribution in [0, 0.1) is 5.41 Å². The number of carboxylic acid groups (broad SMARTS) is 2. The number of hydrogen-bond acceptors (Lipinski definition) is 4. The summed E-state index contributed by atoms with van der Waals surface area (Å²) < 4.78 is 0. The van der Waals surface area contributed by atoms with Crippen molar-refractivity contribution in [2.45, 2.75) is 51.4 Å². The second-order valence-corrected chi connectivity index (χ2v) is 7.97. The molecule has 156 valence electrons. The first-order chi connectivity index (χ1) is 13.6. The molecule has 2 aromatic rings. The van der Waals surface area contributed by atoms with E-state index in [1.54, 1.807) is 24.3 Å². The lowest BCUT2D eigenvalue weighted by atomic mass is 9.74. The lowest BCUT2D eigenvalue weighted by Gasteiger charge is -2.28. The number of phenolic OH excluding ortho intramolecular Hbond substituents is 2. The molecule has 0 heterocycles. The fourth-order valence-corrected chi connectivity index (χ4v) is 3.60. The van der Waals surface area contributed by atoms with Crippen LogP contribution in [0.5, 0.6) is 11.5 Å². The summed E-state index contributed by atoms with van der Waals surface area (Å²) in [5.74, 6) is -1.82. The number of phenols is 2. The molecule has 6 nitrogen and oxygen atoms in total. The second kappa shape index (κ2) is 8.99. The number of rotatable bonds is 4. The number of hydrogen-bond donors (Lipinski definition) is 4. The standard InChI is InChI=1S/C15H16O2.C8H12O4/c1-15(2,11-3-7-13(16)8-4-11)12-5-9-14(17)10-6-12;9-6(10)8(7(11)12)4-2-1-3-5-8/h3-10,16-17H,1-2H3;1-5H2,(H,9,10)(H,11,12). The Labute approximate surface area is 170 Å². The molecule has 0 radical (unpaired) electrons. The van der Waals surface area contributed by atoms with Crippen molar-refractivity contribution < 1.29 is 30.0 Å². The third kappa shape index (κ3) is 5.08. The van der Waals surface area contributed by atoms with Gasteiger partial charge >= 0.3 is 11.9 Å². The van der Waals surface area contributed by atoms with E-state index >= 15 is 0 Å². The van der Waals surface area contributed by atoms with Crippen LogP contribution in [0.15, 0.2) is 48.5 Å². The van der Waals surface area contributed by atoms with E-state index in [4.69, 9.17) is 10.2 Å². The van der Waals surface area contributed by atoms with Crippen LogP contribution in [0.2, 0.25) is 0 Å². The summed E-state index contributed by atoms with van der Waals surface area (Å²) in [6.45, 7) is 4.23. The van der Waals surface area contributed by atoms with Gasteiger partial charge in [-0.2, -0.15) is 0 Å². The molecule has 0 unspecified atom stereocenters. The van der Waals surface area contributed by atoms with Gasteiger partial charge in [0.15, 0.2) is 5.41 Å². The van der Waals surface area contributed by atoms with Gasteiger partial charge in [0, 0.05) is 5.41 Å². The van der Waals surface area contributed by atoms with Crippen LogP contribution < -0.4 is 0 Å². The third-order valence-corrected chi connectivity index (χ3v) is 5.70. The molecule has 6 heteroatoms. The smallest absolute Gasteiger partial charge is 0.321 e. The normalized spacial score (nSPS) is 15.7. The Balaban J connectivity index is 0.000000221. The number of carboxylic acids is 2. The quantitative estimate of drug-likeness (QED) is 0.561. The van der Waals surface area contributed by atoms with Gasteiger partial charge in [0.2, 0.25) is 0 Å². The molecule has 1 fully saturated rings. The molecule has 2 aromatic carbocycles. The highest BCUT2D eigenvalue weighted by atomic mass is 16.4. The second-order valence-electron chi connectivity index (χ2n) is 7.97. The number of aliphatic carboxylic acids is 2. The SMILES string of the molecule is CC(C)(c1ccc(O)cc1)c1ccc(O)cc1.O=C(O)C1(C(=O)O)CCCCC1. The van der Waals surface area contributed by atoms with Gasteiger partial charge in [0.25, 0.3) is 0 Å².